The van der Waals surface area contributed by atoms with Crippen molar-refractivity contribution < 1.29 is 9.53 Å². The van der Waals surface area contributed by atoms with Crippen LogP contribution in [0.1, 0.15) is 6.42 Å². The lowest BCUT2D eigenvalue weighted by atomic mass is 10.1. The van der Waals surface area contributed by atoms with Gasteiger partial charge in [0.25, 0.3) is 0 Å². The highest BCUT2D eigenvalue weighted by molar-refractivity contribution is 5.87. The fourth-order valence-corrected chi connectivity index (χ4v) is 4.70. The number of amides is 1. The van der Waals surface area contributed by atoms with Gasteiger partial charge in [0.2, 0.25) is 5.91 Å². The predicted octanol–water partition coefficient (Wildman–Crippen LogP) is 2.92. The van der Waals surface area contributed by atoms with Gasteiger partial charge in [-0.2, -0.15) is 0 Å². The van der Waals surface area contributed by atoms with Crippen LogP contribution < -0.4 is 16.2 Å². The Morgan fingerprint density at radius 2 is 1.84 bits per heavy atom. The zero-order valence-electron chi connectivity index (χ0n) is 21.5. The average molecular weight is 514 g/mol. The third-order valence-electron chi connectivity index (χ3n) is 6.58. The molecule has 0 spiro atoms. The fourth-order valence-electron chi connectivity index (χ4n) is 4.70. The van der Waals surface area contributed by atoms with E-state index in [0.29, 0.717) is 48.8 Å². The Morgan fingerprint density at radius 3 is 2.58 bits per heavy atom. The Labute approximate surface area is 220 Å². The number of carbonyl (C=O) groups is 1. The molecular formula is C28H31N7O3. The van der Waals surface area contributed by atoms with Crippen LogP contribution in [-0.4, -0.2) is 68.5 Å². The highest BCUT2D eigenvalue weighted by atomic mass is 16.5. The van der Waals surface area contributed by atoms with Crippen molar-refractivity contribution in [1.82, 2.24) is 28.9 Å². The molecule has 1 aliphatic heterocycles. The standard InChI is InChI=1S/C28H31N7O3/c1-32(2)15-6-9-24(36)33-16-14-20(17-33)18-34-27-25(26(29)30-19-31-27)35(28(34)37)21-10-12-23(13-11-21)38-22-7-4-3-5-8-22/h3-13,19-20H,14-18H2,1-2H3,(H2,29,30,31)/b9-6+. The molecule has 1 fully saturated rings. The van der Waals surface area contributed by atoms with Crippen molar-refractivity contribution in [2.75, 3.05) is 39.5 Å². The molecule has 2 aromatic heterocycles. The van der Waals surface area contributed by atoms with Gasteiger partial charge in [-0.15, -0.1) is 0 Å². The van der Waals surface area contributed by atoms with Crippen molar-refractivity contribution in [3.63, 3.8) is 0 Å². The van der Waals surface area contributed by atoms with E-state index in [-0.39, 0.29) is 23.3 Å². The van der Waals surface area contributed by atoms with Crippen LogP contribution in [0.3, 0.4) is 0 Å². The first kappa shape index (κ1) is 25.2. The lowest BCUT2D eigenvalue weighted by Crippen LogP contribution is -2.30. The zero-order chi connectivity index (χ0) is 26.6. The van der Waals surface area contributed by atoms with E-state index in [9.17, 15) is 9.59 Å². The minimum absolute atomic E-state index is 0.00601. The third kappa shape index (κ3) is 5.30. The summed E-state index contributed by atoms with van der Waals surface area (Å²) in [5.74, 6) is 1.72. The number of anilines is 1. The summed E-state index contributed by atoms with van der Waals surface area (Å²) in [7, 11) is 3.91. The number of rotatable bonds is 8. The van der Waals surface area contributed by atoms with Crippen LogP contribution in [0.25, 0.3) is 16.9 Å². The number of fused-ring (bicyclic) bond motifs is 1. The second-order valence-corrected chi connectivity index (χ2v) is 9.67. The second-order valence-electron chi connectivity index (χ2n) is 9.67. The monoisotopic (exact) mass is 513 g/mol. The second kappa shape index (κ2) is 10.9. The van der Waals surface area contributed by atoms with Crippen LogP contribution in [0.5, 0.6) is 11.5 Å². The maximum absolute atomic E-state index is 13.7. The number of carbonyl (C=O) groups excluding carboxylic acids is 1. The van der Waals surface area contributed by atoms with Crippen LogP contribution in [0.4, 0.5) is 5.82 Å². The van der Waals surface area contributed by atoms with Crippen LogP contribution in [0, 0.1) is 5.92 Å². The topological polar surface area (TPSA) is 112 Å². The minimum atomic E-state index is -0.250. The Kier molecular flexibility index (Phi) is 7.23. The molecule has 0 aliphatic carbocycles. The molecule has 38 heavy (non-hydrogen) atoms. The van der Waals surface area contributed by atoms with Gasteiger partial charge in [0, 0.05) is 32.3 Å². The maximum atomic E-state index is 13.7. The molecular weight excluding hydrogens is 482 g/mol. The predicted molar refractivity (Wildman–Crippen MR) is 146 cm³/mol. The largest absolute Gasteiger partial charge is 0.457 e. The molecule has 2 aromatic carbocycles. The normalized spacial score (nSPS) is 15.7. The molecule has 10 nitrogen and oxygen atoms in total. The number of para-hydroxylation sites is 1. The first-order chi connectivity index (χ1) is 18.4. The number of likely N-dealkylation sites (tertiary alicyclic amines) is 1. The van der Waals surface area contributed by atoms with Gasteiger partial charge in [-0.05, 0) is 62.8 Å². The van der Waals surface area contributed by atoms with Crippen LogP contribution in [0.15, 0.2) is 77.9 Å². The van der Waals surface area contributed by atoms with Crippen LogP contribution in [-0.2, 0) is 11.3 Å². The smallest absolute Gasteiger partial charge is 0.335 e. The van der Waals surface area contributed by atoms with Gasteiger partial charge in [0.05, 0.1) is 5.69 Å². The van der Waals surface area contributed by atoms with E-state index in [1.165, 1.54) is 6.33 Å². The molecule has 0 radical (unpaired) electrons. The van der Waals surface area contributed by atoms with Gasteiger partial charge in [0.1, 0.15) is 23.3 Å². The number of nitrogens with zero attached hydrogens (tertiary/aromatic N) is 6. The van der Waals surface area contributed by atoms with Gasteiger partial charge in [-0.1, -0.05) is 24.3 Å². The Balaban J connectivity index is 1.39. The Hall–Kier alpha value is -4.44. The van der Waals surface area contributed by atoms with E-state index in [1.54, 1.807) is 15.2 Å². The summed E-state index contributed by atoms with van der Waals surface area (Å²) in [6, 6.07) is 16.7. The van der Waals surface area contributed by atoms with Crippen LogP contribution >= 0.6 is 0 Å². The van der Waals surface area contributed by atoms with Gasteiger partial charge >= 0.3 is 5.69 Å². The fraction of sp³-hybridized carbons (Fsp3) is 0.286. The lowest BCUT2D eigenvalue weighted by molar-refractivity contribution is -0.125. The van der Waals surface area contributed by atoms with Crippen molar-refractivity contribution in [2.24, 2.45) is 5.92 Å². The number of likely N-dealkylation sites (N-methyl/N-ethyl adjacent to an activating group) is 1. The van der Waals surface area contributed by atoms with Crippen molar-refractivity contribution in [3.8, 4) is 17.2 Å². The van der Waals surface area contributed by atoms with Gasteiger partial charge < -0.3 is 20.3 Å². The first-order valence-corrected chi connectivity index (χ1v) is 12.6. The number of ether oxygens (including phenoxy) is 1. The van der Waals surface area contributed by atoms with E-state index in [2.05, 4.69) is 9.97 Å². The SMILES string of the molecule is CN(C)C/C=C/C(=O)N1CCC(Cn2c(=O)n(-c3ccc(Oc4ccccc4)cc3)c3c(N)ncnc32)C1. The average Bonchev–Trinajstić information content (AvgIpc) is 3.49. The number of imidazole rings is 1. The number of hydrogen-bond donors (Lipinski definition) is 1. The zero-order valence-corrected chi connectivity index (χ0v) is 21.5. The third-order valence-corrected chi connectivity index (χ3v) is 6.58. The number of nitrogens with two attached hydrogens (primary N) is 1. The summed E-state index contributed by atoms with van der Waals surface area (Å²) >= 11 is 0. The van der Waals surface area contributed by atoms with E-state index >= 15 is 0 Å². The van der Waals surface area contributed by atoms with E-state index < -0.39 is 0 Å². The summed E-state index contributed by atoms with van der Waals surface area (Å²) in [4.78, 5) is 38.6. The Morgan fingerprint density at radius 1 is 1.11 bits per heavy atom. The molecule has 1 aliphatic rings. The molecule has 10 heteroatoms. The summed E-state index contributed by atoms with van der Waals surface area (Å²) in [5.41, 5.74) is 7.56. The molecule has 1 unspecified atom stereocenters. The molecule has 0 saturated carbocycles. The first-order valence-electron chi connectivity index (χ1n) is 12.6. The molecule has 196 valence electrons. The lowest BCUT2D eigenvalue weighted by Gasteiger charge is -2.15. The summed E-state index contributed by atoms with van der Waals surface area (Å²) in [5, 5.41) is 0. The molecule has 1 atom stereocenters. The Bertz CT molecular complexity index is 1510. The molecule has 1 saturated heterocycles. The van der Waals surface area contributed by atoms with Gasteiger partial charge in [-0.25, -0.2) is 14.8 Å². The van der Waals surface area contributed by atoms with E-state index in [1.807, 2.05) is 84.6 Å². The number of nitrogen functional groups attached to an aromatic ring is 1. The molecule has 3 heterocycles. The van der Waals surface area contributed by atoms with E-state index in [4.69, 9.17) is 10.5 Å². The maximum Gasteiger partial charge on any atom is 0.335 e. The van der Waals surface area contributed by atoms with E-state index in [0.717, 1.165) is 12.2 Å². The molecule has 0 bridgehead atoms. The highest BCUT2D eigenvalue weighted by Crippen LogP contribution is 2.26. The van der Waals surface area contributed by atoms with Crippen LogP contribution in [0.2, 0.25) is 0 Å². The van der Waals surface area contributed by atoms with Crippen molar-refractivity contribution in [2.45, 2.75) is 13.0 Å². The quantitative estimate of drug-likeness (QED) is 0.361. The number of aromatic nitrogens is 4. The van der Waals surface area contributed by atoms with Gasteiger partial charge in [0.15, 0.2) is 11.5 Å². The molecule has 1 amide bonds. The number of hydrogen-bond acceptors (Lipinski definition) is 7. The molecule has 5 rings (SSSR count). The van der Waals surface area contributed by atoms with Gasteiger partial charge in [-0.3, -0.25) is 13.9 Å². The van der Waals surface area contributed by atoms with Crippen molar-refractivity contribution in [1.29, 1.82) is 0 Å². The summed E-state index contributed by atoms with van der Waals surface area (Å²) < 4.78 is 9.07. The van der Waals surface area contributed by atoms with Crippen molar-refractivity contribution >= 4 is 22.9 Å². The number of benzene rings is 2. The molecule has 4 aromatic rings. The molecule has 2 N–H and O–H groups in total. The summed E-state index contributed by atoms with van der Waals surface area (Å²) in [6.45, 7) is 2.37. The van der Waals surface area contributed by atoms with Crippen molar-refractivity contribution in [3.05, 3.63) is 83.6 Å². The summed E-state index contributed by atoms with van der Waals surface area (Å²) in [6.07, 6.45) is 5.66. The minimum Gasteiger partial charge on any atom is -0.457 e. The highest BCUT2D eigenvalue weighted by Gasteiger charge is 2.28.